The summed E-state index contributed by atoms with van der Waals surface area (Å²) in [6, 6.07) is 10.2. The van der Waals surface area contributed by atoms with Gasteiger partial charge in [0.2, 0.25) is 0 Å². The fraction of sp³-hybridized carbons (Fsp3) is 0.312. The summed E-state index contributed by atoms with van der Waals surface area (Å²) in [4.78, 5) is 4.21. The predicted molar refractivity (Wildman–Crippen MR) is 80.6 cm³/mol. The van der Waals surface area contributed by atoms with Crippen molar-refractivity contribution < 1.29 is 0 Å². The van der Waals surface area contributed by atoms with E-state index in [4.69, 9.17) is 11.6 Å². The molecule has 0 aliphatic heterocycles. The highest BCUT2D eigenvalue weighted by Gasteiger charge is 2.18. The van der Waals surface area contributed by atoms with Crippen LogP contribution in [-0.4, -0.2) is 11.5 Å². The van der Waals surface area contributed by atoms with Crippen molar-refractivity contribution >= 4 is 11.6 Å². The molecule has 1 heterocycles. The second-order valence-corrected chi connectivity index (χ2v) is 4.85. The van der Waals surface area contributed by atoms with E-state index in [0.717, 1.165) is 23.6 Å². The number of pyridine rings is 1. The number of halogens is 1. The van der Waals surface area contributed by atoms with Crippen molar-refractivity contribution in [3.8, 4) is 0 Å². The molecule has 0 aliphatic carbocycles. The van der Waals surface area contributed by atoms with Gasteiger partial charge in [-0.1, -0.05) is 43.6 Å². The number of nitrogens with one attached hydrogen (secondary N) is 1. The van der Waals surface area contributed by atoms with Crippen LogP contribution in [-0.2, 0) is 6.42 Å². The number of nitrogens with zero attached hydrogens (tertiary/aromatic N) is 1. The predicted octanol–water partition coefficient (Wildman–Crippen LogP) is 4.00. The maximum Gasteiger partial charge on any atom is 0.0595 e. The van der Waals surface area contributed by atoms with Crippen molar-refractivity contribution in [3.05, 3.63) is 64.4 Å². The molecule has 1 N–H and O–H groups in total. The van der Waals surface area contributed by atoms with Crippen LogP contribution in [0.15, 0.2) is 42.7 Å². The molecular weight excluding hydrogens is 256 g/mol. The minimum atomic E-state index is 0.122. The van der Waals surface area contributed by atoms with Crippen LogP contribution in [0.4, 0.5) is 0 Å². The first-order valence-electron chi connectivity index (χ1n) is 6.68. The molecule has 19 heavy (non-hydrogen) atoms. The van der Waals surface area contributed by atoms with Crippen LogP contribution in [0.25, 0.3) is 0 Å². The van der Waals surface area contributed by atoms with E-state index in [2.05, 4.69) is 36.3 Å². The number of benzene rings is 1. The average molecular weight is 275 g/mol. The van der Waals surface area contributed by atoms with Gasteiger partial charge >= 0.3 is 0 Å². The van der Waals surface area contributed by atoms with Crippen molar-refractivity contribution in [1.82, 2.24) is 10.3 Å². The summed E-state index contributed by atoms with van der Waals surface area (Å²) >= 11 is 6.34. The largest absolute Gasteiger partial charge is 0.306 e. The zero-order chi connectivity index (χ0) is 13.7. The zero-order valence-electron chi connectivity index (χ0n) is 11.4. The zero-order valence-corrected chi connectivity index (χ0v) is 12.1. The Balaban J connectivity index is 2.49. The van der Waals surface area contributed by atoms with E-state index >= 15 is 0 Å². The van der Waals surface area contributed by atoms with Crippen LogP contribution < -0.4 is 5.32 Å². The van der Waals surface area contributed by atoms with Gasteiger partial charge in [0.15, 0.2) is 0 Å². The van der Waals surface area contributed by atoms with Crippen LogP contribution in [0.5, 0.6) is 0 Å². The monoisotopic (exact) mass is 274 g/mol. The molecule has 100 valence electrons. The van der Waals surface area contributed by atoms with Crippen LogP contribution in [0.1, 0.15) is 36.6 Å². The van der Waals surface area contributed by atoms with E-state index in [-0.39, 0.29) is 6.04 Å². The highest BCUT2D eigenvalue weighted by Crippen LogP contribution is 2.29. The number of hydrogen-bond donors (Lipinski definition) is 1. The molecule has 0 aliphatic rings. The van der Waals surface area contributed by atoms with Crippen LogP contribution in [0, 0.1) is 0 Å². The maximum atomic E-state index is 6.34. The Morgan fingerprint density at radius 3 is 2.63 bits per heavy atom. The molecule has 1 unspecified atom stereocenters. The molecule has 0 amide bonds. The van der Waals surface area contributed by atoms with E-state index in [0.29, 0.717) is 0 Å². The minimum absolute atomic E-state index is 0.122. The SMILES string of the molecule is CCNC(c1ccccc1Cl)c1ccncc1CC. The third-order valence-electron chi connectivity index (χ3n) is 3.26. The van der Waals surface area contributed by atoms with Crippen molar-refractivity contribution in [2.24, 2.45) is 0 Å². The summed E-state index contributed by atoms with van der Waals surface area (Å²) in [5.41, 5.74) is 3.63. The summed E-state index contributed by atoms with van der Waals surface area (Å²) in [5, 5.41) is 4.32. The molecule has 0 radical (unpaired) electrons. The molecule has 0 saturated heterocycles. The Kier molecular flexibility index (Phi) is 4.94. The molecule has 1 atom stereocenters. The lowest BCUT2D eigenvalue weighted by Crippen LogP contribution is -2.23. The van der Waals surface area contributed by atoms with Gasteiger partial charge in [-0.3, -0.25) is 4.98 Å². The lowest BCUT2D eigenvalue weighted by molar-refractivity contribution is 0.624. The molecule has 2 rings (SSSR count). The Labute approximate surface area is 119 Å². The minimum Gasteiger partial charge on any atom is -0.306 e. The molecule has 2 nitrogen and oxygen atoms in total. The number of hydrogen-bond acceptors (Lipinski definition) is 2. The van der Waals surface area contributed by atoms with Crippen LogP contribution in [0.2, 0.25) is 5.02 Å². The lowest BCUT2D eigenvalue weighted by atomic mass is 9.94. The molecule has 0 spiro atoms. The molecule has 2 aromatic rings. The molecule has 0 bridgehead atoms. The van der Waals surface area contributed by atoms with Gasteiger partial charge in [0, 0.05) is 17.4 Å². The van der Waals surface area contributed by atoms with Gasteiger partial charge in [-0.15, -0.1) is 0 Å². The van der Waals surface area contributed by atoms with E-state index < -0.39 is 0 Å². The third-order valence-corrected chi connectivity index (χ3v) is 3.60. The van der Waals surface area contributed by atoms with Crippen molar-refractivity contribution in [3.63, 3.8) is 0 Å². The summed E-state index contributed by atoms with van der Waals surface area (Å²) < 4.78 is 0. The normalized spacial score (nSPS) is 12.4. The Bertz CT molecular complexity index is 540. The molecule has 1 aromatic heterocycles. The summed E-state index contributed by atoms with van der Waals surface area (Å²) in [5.74, 6) is 0. The topological polar surface area (TPSA) is 24.9 Å². The van der Waals surface area contributed by atoms with E-state index in [1.165, 1.54) is 11.1 Å². The Morgan fingerprint density at radius 2 is 1.95 bits per heavy atom. The molecular formula is C16H19ClN2. The second kappa shape index (κ2) is 6.69. The van der Waals surface area contributed by atoms with Gasteiger partial charge in [-0.25, -0.2) is 0 Å². The van der Waals surface area contributed by atoms with Gasteiger partial charge in [0.1, 0.15) is 0 Å². The third kappa shape index (κ3) is 3.14. The standard InChI is InChI=1S/C16H19ClN2/c1-3-12-11-18-10-9-13(12)16(19-4-2)14-7-5-6-8-15(14)17/h5-11,16,19H,3-4H2,1-2H3. The number of aromatic nitrogens is 1. The van der Waals surface area contributed by atoms with Gasteiger partial charge in [0.25, 0.3) is 0 Å². The summed E-state index contributed by atoms with van der Waals surface area (Å²) in [6.45, 7) is 5.15. The second-order valence-electron chi connectivity index (χ2n) is 4.44. The Morgan fingerprint density at radius 1 is 1.16 bits per heavy atom. The fourth-order valence-corrected chi connectivity index (χ4v) is 2.56. The first kappa shape index (κ1) is 14.0. The van der Waals surface area contributed by atoms with Crippen molar-refractivity contribution in [1.29, 1.82) is 0 Å². The fourth-order valence-electron chi connectivity index (χ4n) is 2.32. The number of rotatable bonds is 5. The first-order valence-corrected chi connectivity index (χ1v) is 7.06. The van der Waals surface area contributed by atoms with E-state index in [1.54, 1.807) is 0 Å². The molecule has 0 saturated carbocycles. The molecule has 0 fully saturated rings. The smallest absolute Gasteiger partial charge is 0.0595 e. The highest BCUT2D eigenvalue weighted by molar-refractivity contribution is 6.31. The molecule has 3 heteroatoms. The quantitative estimate of drug-likeness (QED) is 0.892. The Hall–Kier alpha value is -1.38. The van der Waals surface area contributed by atoms with Crippen molar-refractivity contribution in [2.75, 3.05) is 6.54 Å². The van der Waals surface area contributed by atoms with Crippen LogP contribution >= 0.6 is 11.6 Å². The van der Waals surface area contributed by atoms with E-state index in [9.17, 15) is 0 Å². The van der Waals surface area contributed by atoms with Crippen molar-refractivity contribution in [2.45, 2.75) is 26.3 Å². The highest BCUT2D eigenvalue weighted by atomic mass is 35.5. The van der Waals surface area contributed by atoms with Gasteiger partial charge in [-0.2, -0.15) is 0 Å². The van der Waals surface area contributed by atoms with Gasteiger partial charge in [-0.05, 0) is 41.8 Å². The summed E-state index contributed by atoms with van der Waals surface area (Å²) in [7, 11) is 0. The maximum absolute atomic E-state index is 6.34. The molecule has 1 aromatic carbocycles. The van der Waals surface area contributed by atoms with Gasteiger partial charge in [0.05, 0.1) is 6.04 Å². The van der Waals surface area contributed by atoms with Gasteiger partial charge < -0.3 is 5.32 Å². The van der Waals surface area contributed by atoms with Crippen LogP contribution in [0.3, 0.4) is 0 Å². The first-order chi connectivity index (χ1) is 9.27. The van der Waals surface area contributed by atoms with E-state index in [1.807, 2.05) is 30.6 Å². The average Bonchev–Trinajstić information content (AvgIpc) is 2.46. The number of aryl methyl sites for hydroxylation is 1. The lowest BCUT2D eigenvalue weighted by Gasteiger charge is -2.22. The summed E-state index contributed by atoms with van der Waals surface area (Å²) in [6.07, 6.45) is 4.75.